The van der Waals surface area contributed by atoms with Crippen molar-refractivity contribution in [3.05, 3.63) is 37.8 Å². The molecule has 0 atom stereocenters. The van der Waals surface area contributed by atoms with Crippen LogP contribution in [0.2, 0.25) is 0 Å². The highest BCUT2D eigenvalue weighted by Gasteiger charge is 2.29. The molecule has 16 heavy (non-hydrogen) atoms. The van der Waals surface area contributed by atoms with E-state index in [4.69, 9.17) is 0 Å². The molecule has 3 nitrogen and oxygen atoms in total. The van der Waals surface area contributed by atoms with Crippen molar-refractivity contribution in [3.63, 3.8) is 0 Å². The van der Waals surface area contributed by atoms with Crippen LogP contribution < -0.4 is 0 Å². The number of nitrogens with zero attached hydrogens (tertiary/aromatic N) is 1. The van der Waals surface area contributed by atoms with Gasteiger partial charge in [0.25, 0.3) is 11.6 Å². The lowest BCUT2D eigenvalue weighted by atomic mass is 10.1. The van der Waals surface area contributed by atoms with Crippen LogP contribution in [0.3, 0.4) is 0 Å². The van der Waals surface area contributed by atoms with Gasteiger partial charge in [-0.05, 0) is 6.07 Å². The fraction of sp³-hybridized carbons (Fsp3) is 0.333. The highest BCUT2D eigenvalue weighted by molar-refractivity contribution is 9.10. The van der Waals surface area contributed by atoms with E-state index in [-0.39, 0.29) is 16.6 Å². The van der Waals surface area contributed by atoms with Crippen LogP contribution in [0.15, 0.2) is 16.6 Å². The number of nitro benzene ring substituents is 1. The Morgan fingerprint density at radius 2 is 2.06 bits per heavy atom. The Morgan fingerprint density at radius 3 is 2.44 bits per heavy atom. The molecule has 1 rings (SSSR count). The maximum Gasteiger partial charge on any atom is 0.275 e. The van der Waals surface area contributed by atoms with E-state index in [9.17, 15) is 18.9 Å². The number of benzene rings is 1. The van der Waals surface area contributed by atoms with E-state index in [0.717, 1.165) is 6.07 Å². The molecule has 0 aliphatic rings. The van der Waals surface area contributed by atoms with E-state index in [1.807, 2.05) is 0 Å². The van der Waals surface area contributed by atoms with Gasteiger partial charge in [0.15, 0.2) is 0 Å². The molecule has 0 heterocycles. The van der Waals surface area contributed by atoms with E-state index >= 15 is 0 Å². The van der Waals surface area contributed by atoms with E-state index in [1.165, 1.54) is 6.07 Å². The summed E-state index contributed by atoms with van der Waals surface area (Å²) in [6, 6.07) is 2.10. The maximum atomic E-state index is 13.1. The molecule has 0 unspecified atom stereocenters. The largest absolute Gasteiger partial charge is 0.275 e. The molecule has 0 saturated carbocycles. The van der Waals surface area contributed by atoms with Crippen molar-refractivity contribution in [3.8, 4) is 0 Å². The van der Waals surface area contributed by atoms with Crippen molar-refractivity contribution >= 4 is 37.5 Å². The van der Waals surface area contributed by atoms with E-state index in [2.05, 4.69) is 31.9 Å². The first-order chi connectivity index (χ1) is 7.27. The minimum Gasteiger partial charge on any atom is -0.258 e. The molecular formula is C9H7Br2F2NO2. The molecule has 0 radical (unpaired) electrons. The van der Waals surface area contributed by atoms with Crippen molar-refractivity contribution in [1.82, 2.24) is 0 Å². The van der Waals surface area contributed by atoms with Crippen LogP contribution in [0, 0.1) is 10.1 Å². The van der Waals surface area contributed by atoms with Crippen molar-refractivity contribution in [2.45, 2.75) is 18.2 Å². The van der Waals surface area contributed by atoms with E-state index < -0.39 is 10.8 Å². The average Bonchev–Trinajstić information content (AvgIpc) is 2.14. The molecule has 88 valence electrons. The fourth-order valence-electron chi connectivity index (χ4n) is 1.17. The molecule has 7 heteroatoms. The second-order valence-corrected chi connectivity index (χ2v) is 4.65. The van der Waals surface area contributed by atoms with Crippen LogP contribution in [-0.2, 0) is 11.3 Å². The Kier molecular flexibility index (Phi) is 4.01. The Hall–Kier alpha value is -0.560. The molecule has 1 aromatic carbocycles. The van der Waals surface area contributed by atoms with Gasteiger partial charge < -0.3 is 0 Å². The number of halogens is 4. The van der Waals surface area contributed by atoms with Crippen LogP contribution in [-0.4, -0.2) is 4.92 Å². The predicted molar refractivity (Wildman–Crippen MR) is 63.0 cm³/mol. The van der Waals surface area contributed by atoms with E-state index in [0.29, 0.717) is 17.0 Å². The Balaban J connectivity index is 3.46. The van der Waals surface area contributed by atoms with E-state index in [1.54, 1.807) is 0 Å². The first-order valence-corrected chi connectivity index (χ1v) is 6.10. The zero-order chi connectivity index (χ0) is 12.5. The summed E-state index contributed by atoms with van der Waals surface area (Å²) >= 11 is 6.13. The van der Waals surface area contributed by atoms with Gasteiger partial charge in [-0.25, -0.2) is 8.78 Å². The highest BCUT2D eigenvalue weighted by Crippen LogP contribution is 2.36. The number of alkyl halides is 3. The molecule has 0 N–H and O–H groups in total. The number of rotatable bonds is 3. The number of hydrogen-bond donors (Lipinski definition) is 0. The van der Waals surface area contributed by atoms with Crippen LogP contribution >= 0.6 is 31.9 Å². The second kappa shape index (κ2) is 4.75. The highest BCUT2D eigenvalue weighted by atomic mass is 79.9. The lowest BCUT2D eigenvalue weighted by Gasteiger charge is -2.12. The Labute approximate surface area is 107 Å². The smallest absolute Gasteiger partial charge is 0.258 e. The Bertz CT molecular complexity index is 432. The third kappa shape index (κ3) is 2.76. The first kappa shape index (κ1) is 13.5. The van der Waals surface area contributed by atoms with Gasteiger partial charge in [-0.15, -0.1) is 0 Å². The molecule has 0 spiro atoms. The average molecular weight is 359 g/mol. The van der Waals surface area contributed by atoms with Crippen molar-refractivity contribution in [2.75, 3.05) is 0 Å². The lowest BCUT2D eigenvalue weighted by Crippen LogP contribution is -2.08. The fourth-order valence-corrected chi connectivity index (χ4v) is 2.73. The van der Waals surface area contributed by atoms with Crippen LogP contribution in [0.25, 0.3) is 0 Å². The summed E-state index contributed by atoms with van der Waals surface area (Å²) in [4.78, 5) is 10.1. The molecule has 0 saturated heterocycles. The second-order valence-electron chi connectivity index (χ2n) is 3.23. The topological polar surface area (TPSA) is 43.1 Å². The van der Waals surface area contributed by atoms with Crippen molar-refractivity contribution in [2.24, 2.45) is 0 Å². The SMILES string of the molecule is CC(F)(F)c1cc(Br)c(CBr)c([N+](=O)[O-])c1. The first-order valence-electron chi connectivity index (χ1n) is 4.18. The number of hydrogen-bond acceptors (Lipinski definition) is 2. The van der Waals surface area contributed by atoms with Crippen LogP contribution in [0.1, 0.15) is 18.1 Å². The van der Waals surface area contributed by atoms with Crippen LogP contribution in [0.5, 0.6) is 0 Å². The van der Waals surface area contributed by atoms with Gasteiger partial charge in [0.2, 0.25) is 0 Å². The van der Waals surface area contributed by atoms with Crippen LogP contribution in [0.4, 0.5) is 14.5 Å². The quantitative estimate of drug-likeness (QED) is 0.457. The number of nitro groups is 1. The van der Waals surface area contributed by atoms with Gasteiger partial charge in [0, 0.05) is 28.4 Å². The Morgan fingerprint density at radius 1 is 1.50 bits per heavy atom. The van der Waals surface area contributed by atoms with Crippen molar-refractivity contribution in [1.29, 1.82) is 0 Å². The zero-order valence-electron chi connectivity index (χ0n) is 8.14. The molecule has 0 aromatic heterocycles. The normalized spacial score (nSPS) is 11.6. The molecule has 0 fully saturated rings. The summed E-state index contributed by atoms with van der Waals surface area (Å²) in [7, 11) is 0. The molecule has 0 aliphatic carbocycles. The van der Waals surface area contributed by atoms with Crippen molar-refractivity contribution < 1.29 is 13.7 Å². The minimum atomic E-state index is -3.10. The summed E-state index contributed by atoms with van der Waals surface area (Å²) in [5.41, 5.74) is -0.350. The summed E-state index contributed by atoms with van der Waals surface area (Å²) in [6.07, 6.45) is 0. The molecule has 0 aliphatic heterocycles. The zero-order valence-corrected chi connectivity index (χ0v) is 11.3. The summed E-state index contributed by atoms with van der Waals surface area (Å²) < 4.78 is 26.4. The summed E-state index contributed by atoms with van der Waals surface area (Å²) in [6.45, 7) is 0.701. The van der Waals surface area contributed by atoms with Gasteiger partial charge in [-0.2, -0.15) is 0 Å². The molecular weight excluding hydrogens is 352 g/mol. The summed E-state index contributed by atoms with van der Waals surface area (Å²) in [5, 5.41) is 11.0. The van der Waals surface area contributed by atoms with Gasteiger partial charge in [-0.3, -0.25) is 10.1 Å². The van der Waals surface area contributed by atoms with Gasteiger partial charge >= 0.3 is 0 Å². The third-order valence-electron chi connectivity index (χ3n) is 2.01. The monoisotopic (exact) mass is 357 g/mol. The molecule has 0 bridgehead atoms. The summed E-state index contributed by atoms with van der Waals surface area (Å²) in [5.74, 6) is -3.10. The lowest BCUT2D eigenvalue weighted by molar-refractivity contribution is -0.385. The minimum absolute atomic E-state index is 0.222. The standard InChI is InChI=1S/C9H7Br2F2NO2/c1-9(12,13)5-2-7(11)6(4-10)8(3-5)14(15)16/h2-3H,4H2,1H3. The third-order valence-corrected chi connectivity index (χ3v) is 3.28. The predicted octanol–water partition coefficient (Wildman–Crippen LogP) is 4.36. The maximum absolute atomic E-state index is 13.1. The van der Waals surface area contributed by atoms with Gasteiger partial charge in [0.05, 0.1) is 10.5 Å². The van der Waals surface area contributed by atoms with Gasteiger partial charge in [0.1, 0.15) is 0 Å². The molecule has 1 aromatic rings. The molecule has 0 amide bonds. The van der Waals surface area contributed by atoms with Gasteiger partial charge in [-0.1, -0.05) is 31.9 Å².